The Morgan fingerprint density at radius 2 is 2.25 bits per heavy atom. The van der Waals surface area contributed by atoms with Crippen LogP contribution in [0.2, 0.25) is 10.0 Å². The minimum absolute atomic E-state index is 0.284. The summed E-state index contributed by atoms with van der Waals surface area (Å²) in [7, 11) is 0. The molecule has 1 aliphatic rings. The lowest BCUT2D eigenvalue weighted by Crippen LogP contribution is -2.22. The maximum Gasteiger partial charge on any atom is 0.0617 e. The van der Waals surface area contributed by atoms with Gasteiger partial charge in [-0.05, 0) is 41.5 Å². The standard InChI is InChI=1S/C12H14Cl2OS/c13-10-2-1-8(11(14)6-10)5-12(15)9-3-4-16-7-9/h1-2,6,9,12,15H,3-5,7H2. The van der Waals surface area contributed by atoms with Gasteiger partial charge in [0.25, 0.3) is 0 Å². The molecule has 88 valence electrons. The molecule has 0 aliphatic carbocycles. The molecule has 0 aromatic heterocycles. The first kappa shape index (κ1) is 12.6. The summed E-state index contributed by atoms with van der Waals surface area (Å²) in [5.74, 6) is 2.64. The fourth-order valence-corrected chi connectivity index (χ4v) is 3.75. The van der Waals surface area contributed by atoms with Crippen molar-refractivity contribution < 1.29 is 5.11 Å². The van der Waals surface area contributed by atoms with Crippen LogP contribution >= 0.6 is 35.0 Å². The first-order chi connectivity index (χ1) is 7.66. The number of rotatable bonds is 3. The van der Waals surface area contributed by atoms with E-state index < -0.39 is 0 Å². The number of hydrogen-bond donors (Lipinski definition) is 1. The summed E-state index contributed by atoms with van der Waals surface area (Å²) in [6.07, 6.45) is 1.45. The average Bonchev–Trinajstić information content (AvgIpc) is 2.75. The van der Waals surface area contributed by atoms with Gasteiger partial charge in [-0.1, -0.05) is 29.3 Å². The molecular weight excluding hydrogens is 263 g/mol. The van der Waals surface area contributed by atoms with Gasteiger partial charge in [0, 0.05) is 16.5 Å². The van der Waals surface area contributed by atoms with Gasteiger partial charge in [-0.25, -0.2) is 0 Å². The average molecular weight is 277 g/mol. The largest absolute Gasteiger partial charge is 0.392 e. The van der Waals surface area contributed by atoms with E-state index >= 15 is 0 Å². The smallest absolute Gasteiger partial charge is 0.0617 e. The Balaban J connectivity index is 2.02. The molecule has 0 amide bonds. The second kappa shape index (κ2) is 5.63. The summed E-state index contributed by atoms with van der Waals surface area (Å²) in [5, 5.41) is 11.4. The lowest BCUT2D eigenvalue weighted by Gasteiger charge is -2.17. The summed E-state index contributed by atoms with van der Waals surface area (Å²) < 4.78 is 0. The van der Waals surface area contributed by atoms with Crippen molar-refractivity contribution in [2.45, 2.75) is 18.9 Å². The third-order valence-corrected chi connectivity index (χ3v) is 4.73. The normalized spacial score (nSPS) is 22.3. The number of aliphatic hydroxyl groups is 1. The van der Waals surface area contributed by atoms with Crippen LogP contribution in [0.25, 0.3) is 0 Å². The molecule has 0 spiro atoms. The molecule has 1 heterocycles. The van der Waals surface area contributed by atoms with Crippen molar-refractivity contribution in [3.05, 3.63) is 33.8 Å². The number of benzene rings is 1. The lowest BCUT2D eigenvalue weighted by atomic mass is 9.96. The van der Waals surface area contributed by atoms with Crippen molar-refractivity contribution in [1.29, 1.82) is 0 Å². The molecule has 0 radical (unpaired) electrons. The van der Waals surface area contributed by atoms with Gasteiger partial charge in [-0.2, -0.15) is 11.8 Å². The predicted octanol–water partition coefficient (Wildman–Crippen LogP) is 3.65. The Kier molecular flexibility index (Phi) is 4.42. The van der Waals surface area contributed by atoms with Crippen molar-refractivity contribution in [2.24, 2.45) is 5.92 Å². The van der Waals surface area contributed by atoms with Gasteiger partial charge in [0.2, 0.25) is 0 Å². The Labute approximate surface area is 110 Å². The van der Waals surface area contributed by atoms with E-state index in [9.17, 15) is 5.11 Å². The van der Waals surface area contributed by atoms with E-state index in [1.807, 2.05) is 23.9 Å². The van der Waals surface area contributed by atoms with Crippen LogP contribution < -0.4 is 0 Å². The summed E-state index contributed by atoms with van der Waals surface area (Å²) in [5.41, 5.74) is 0.982. The highest BCUT2D eigenvalue weighted by molar-refractivity contribution is 7.99. The summed E-state index contributed by atoms with van der Waals surface area (Å²) in [6, 6.07) is 5.45. The van der Waals surface area contributed by atoms with Gasteiger partial charge in [-0.15, -0.1) is 0 Å². The van der Waals surface area contributed by atoms with Gasteiger partial charge < -0.3 is 5.11 Å². The molecule has 1 nitrogen and oxygen atoms in total. The van der Waals surface area contributed by atoms with Crippen molar-refractivity contribution in [3.8, 4) is 0 Å². The molecule has 2 rings (SSSR count). The molecule has 1 aromatic carbocycles. The van der Waals surface area contributed by atoms with Gasteiger partial charge in [-0.3, -0.25) is 0 Å². The van der Waals surface area contributed by atoms with Gasteiger partial charge >= 0.3 is 0 Å². The quantitative estimate of drug-likeness (QED) is 0.910. The maximum absolute atomic E-state index is 10.1. The Morgan fingerprint density at radius 3 is 2.88 bits per heavy atom. The van der Waals surface area contributed by atoms with Crippen molar-refractivity contribution >= 4 is 35.0 Å². The van der Waals surface area contributed by atoms with E-state index in [-0.39, 0.29) is 6.10 Å². The van der Waals surface area contributed by atoms with Crippen LogP contribution in [-0.4, -0.2) is 22.7 Å². The molecule has 1 fully saturated rings. The lowest BCUT2D eigenvalue weighted by molar-refractivity contribution is 0.120. The molecular formula is C12H14Cl2OS. The zero-order chi connectivity index (χ0) is 11.5. The monoisotopic (exact) mass is 276 g/mol. The zero-order valence-electron chi connectivity index (χ0n) is 8.83. The molecule has 1 aliphatic heterocycles. The molecule has 16 heavy (non-hydrogen) atoms. The summed E-state index contributed by atoms with van der Waals surface area (Å²) in [4.78, 5) is 0. The van der Waals surface area contributed by atoms with Crippen LogP contribution in [0.15, 0.2) is 18.2 Å². The first-order valence-corrected chi connectivity index (χ1v) is 7.27. The van der Waals surface area contributed by atoms with E-state index in [2.05, 4.69) is 0 Å². The van der Waals surface area contributed by atoms with E-state index in [0.29, 0.717) is 22.4 Å². The van der Waals surface area contributed by atoms with Gasteiger partial charge in [0.15, 0.2) is 0 Å². The minimum atomic E-state index is -0.284. The molecule has 2 unspecified atom stereocenters. The number of thioether (sulfide) groups is 1. The zero-order valence-corrected chi connectivity index (χ0v) is 11.2. The van der Waals surface area contributed by atoms with Crippen molar-refractivity contribution in [3.63, 3.8) is 0 Å². The van der Waals surface area contributed by atoms with Gasteiger partial charge in [0.05, 0.1) is 6.10 Å². The topological polar surface area (TPSA) is 20.2 Å². The molecule has 2 atom stereocenters. The second-order valence-corrected chi connectivity index (χ2v) is 6.12. The third kappa shape index (κ3) is 3.07. The molecule has 1 saturated heterocycles. The highest BCUT2D eigenvalue weighted by Crippen LogP contribution is 2.29. The molecule has 1 N–H and O–H groups in total. The van der Waals surface area contributed by atoms with Crippen LogP contribution in [-0.2, 0) is 6.42 Å². The van der Waals surface area contributed by atoms with Crippen LogP contribution in [0.1, 0.15) is 12.0 Å². The Morgan fingerprint density at radius 1 is 1.44 bits per heavy atom. The van der Waals surface area contributed by atoms with Crippen LogP contribution in [0, 0.1) is 5.92 Å². The van der Waals surface area contributed by atoms with Crippen molar-refractivity contribution in [2.75, 3.05) is 11.5 Å². The highest BCUT2D eigenvalue weighted by atomic mass is 35.5. The Hall–Kier alpha value is 0.110. The molecule has 4 heteroatoms. The highest BCUT2D eigenvalue weighted by Gasteiger charge is 2.24. The molecule has 1 aromatic rings. The fraction of sp³-hybridized carbons (Fsp3) is 0.500. The number of aliphatic hydroxyl groups excluding tert-OH is 1. The fourth-order valence-electron chi connectivity index (χ4n) is 1.94. The SMILES string of the molecule is OC(Cc1ccc(Cl)cc1Cl)C1CCSC1. The van der Waals surface area contributed by atoms with E-state index in [1.54, 1.807) is 6.07 Å². The van der Waals surface area contributed by atoms with Crippen molar-refractivity contribution in [1.82, 2.24) is 0 Å². The molecule has 0 saturated carbocycles. The van der Waals surface area contributed by atoms with Crippen LogP contribution in [0.5, 0.6) is 0 Å². The van der Waals surface area contributed by atoms with Crippen LogP contribution in [0.4, 0.5) is 0 Å². The number of hydrogen-bond acceptors (Lipinski definition) is 2. The van der Waals surface area contributed by atoms with Crippen LogP contribution in [0.3, 0.4) is 0 Å². The first-order valence-electron chi connectivity index (χ1n) is 5.36. The number of halogens is 2. The van der Waals surface area contributed by atoms with E-state index in [1.165, 1.54) is 0 Å². The van der Waals surface area contributed by atoms with Gasteiger partial charge in [0.1, 0.15) is 0 Å². The Bertz CT molecular complexity index is 364. The molecule has 0 bridgehead atoms. The minimum Gasteiger partial charge on any atom is -0.392 e. The maximum atomic E-state index is 10.1. The summed E-state index contributed by atoms with van der Waals surface area (Å²) in [6.45, 7) is 0. The second-order valence-electron chi connectivity index (χ2n) is 4.13. The predicted molar refractivity (Wildman–Crippen MR) is 71.6 cm³/mol. The van der Waals surface area contributed by atoms with E-state index in [4.69, 9.17) is 23.2 Å². The van der Waals surface area contributed by atoms with E-state index in [0.717, 1.165) is 23.5 Å². The third-order valence-electron chi connectivity index (χ3n) is 2.95. The summed E-state index contributed by atoms with van der Waals surface area (Å²) >= 11 is 13.8.